The van der Waals surface area contributed by atoms with Gasteiger partial charge in [0.2, 0.25) is 23.6 Å². The summed E-state index contributed by atoms with van der Waals surface area (Å²) in [6, 6.07) is -4.41. The second-order valence-corrected chi connectivity index (χ2v) is 7.92. The van der Waals surface area contributed by atoms with Gasteiger partial charge >= 0.3 is 5.97 Å². The van der Waals surface area contributed by atoms with E-state index in [1.807, 2.05) is 0 Å². The van der Waals surface area contributed by atoms with Crippen molar-refractivity contribution in [3.05, 3.63) is 0 Å². The Balaban J connectivity index is 5.07. The quantitative estimate of drug-likeness (QED) is 0.0678. The van der Waals surface area contributed by atoms with E-state index in [1.54, 1.807) is 13.8 Å². The SMILES string of the molecule is CC(NC(=O)C(CCC(N)=O)NC(=O)C(N)CCCN=C(N)N)C(=O)NC(C(=O)O)C(C)C. The highest BCUT2D eigenvalue weighted by Gasteiger charge is 2.29. The first kappa shape index (κ1) is 29.6. The maximum Gasteiger partial charge on any atom is 0.326 e. The van der Waals surface area contributed by atoms with Gasteiger partial charge < -0.3 is 44.0 Å². The number of hydrogen-bond donors (Lipinski definition) is 8. The molecular weight excluding hydrogens is 436 g/mol. The Bertz CT molecular complexity index is 738. The molecule has 0 aromatic rings. The fourth-order valence-corrected chi connectivity index (χ4v) is 2.66. The summed E-state index contributed by atoms with van der Waals surface area (Å²) in [7, 11) is 0. The average molecular weight is 473 g/mol. The monoisotopic (exact) mass is 472 g/mol. The smallest absolute Gasteiger partial charge is 0.326 e. The lowest BCUT2D eigenvalue weighted by molar-refractivity contribution is -0.143. The predicted octanol–water partition coefficient (Wildman–Crippen LogP) is -3.15. The van der Waals surface area contributed by atoms with Crippen LogP contribution in [0.1, 0.15) is 46.5 Å². The molecule has 0 aliphatic carbocycles. The summed E-state index contributed by atoms with van der Waals surface area (Å²) in [6.45, 7) is 4.88. The highest BCUT2D eigenvalue weighted by atomic mass is 16.4. The molecule has 4 atom stereocenters. The number of hydrogen-bond acceptors (Lipinski definition) is 7. The fourth-order valence-electron chi connectivity index (χ4n) is 2.66. The van der Waals surface area contributed by atoms with E-state index in [1.165, 1.54) is 6.92 Å². The van der Waals surface area contributed by atoms with Crippen molar-refractivity contribution in [2.75, 3.05) is 6.54 Å². The van der Waals surface area contributed by atoms with E-state index in [0.29, 0.717) is 6.42 Å². The highest BCUT2D eigenvalue weighted by Crippen LogP contribution is 2.04. The Kier molecular flexibility index (Phi) is 13.1. The number of nitrogens with one attached hydrogen (secondary N) is 3. The van der Waals surface area contributed by atoms with Gasteiger partial charge in [0.25, 0.3) is 0 Å². The van der Waals surface area contributed by atoms with Crippen LogP contribution in [0.15, 0.2) is 4.99 Å². The van der Waals surface area contributed by atoms with Crippen LogP contribution in [0.4, 0.5) is 0 Å². The van der Waals surface area contributed by atoms with E-state index < -0.39 is 53.8 Å². The van der Waals surface area contributed by atoms with E-state index in [-0.39, 0.29) is 37.7 Å². The van der Waals surface area contributed by atoms with Crippen LogP contribution in [0.25, 0.3) is 0 Å². The van der Waals surface area contributed by atoms with Crippen LogP contribution in [-0.2, 0) is 24.0 Å². The zero-order valence-electron chi connectivity index (χ0n) is 19.2. The van der Waals surface area contributed by atoms with Crippen LogP contribution < -0.4 is 38.9 Å². The first-order chi connectivity index (χ1) is 15.3. The summed E-state index contributed by atoms with van der Waals surface area (Å²) in [5.74, 6) is -4.49. The lowest BCUT2D eigenvalue weighted by Gasteiger charge is -2.24. The van der Waals surface area contributed by atoms with Crippen LogP contribution in [0.2, 0.25) is 0 Å². The number of carbonyl (C=O) groups is 5. The molecule has 0 fully saturated rings. The zero-order valence-corrected chi connectivity index (χ0v) is 19.2. The number of carbonyl (C=O) groups excluding carboxylic acids is 4. The third-order valence-electron chi connectivity index (χ3n) is 4.60. The molecule has 188 valence electrons. The van der Waals surface area contributed by atoms with E-state index in [9.17, 15) is 29.1 Å². The number of guanidine groups is 1. The number of nitrogens with two attached hydrogens (primary N) is 4. The van der Waals surface area contributed by atoms with Gasteiger partial charge in [0.15, 0.2) is 5.96 Å². The van der Waals surface area contributed by atoms with Crippen molar-refractivity contribution in [2.45, 2.75) is 70.6 Å². The molecule has 4 unspecified atom stereocenters. The molecule has 0 spiro atoms. The first-order valence-electron chi connectivity index (χ1n) is 10.5. The zero-order chi connectivity index (χ0) is 25.7. The first-order valence-corrected chi connectivity index (χ1v) is 10.5. The minimum absolute atomic E-state index is 0.0857. The van der Waals surface area contributed by atoms with Gasteiger partial charge in [0.05, 0.1) is 6.04 Å². The Morgan fingerprint density at radius 1 is 0.879 bits per heavy atom. The molecule has 12 N–H and O–H groups in total. The lowest BCUT2D eigenvalue weighted by atomic mass is 10.0. The molecule has 0 radical (unpaired) electrons. The minimum atomic E-state index is -1.21. The number of rotatable bonds is 15. The van der Waals surface area contributed by atoms with E-state index in [2.05, 4.69) is 20.9 Å². The lowest BCUT2D eigenvalue weighted by Crippen LogP contribution is -2.56. The highest BCUT2D eigenvalue weighted by molar-refractivity contribution is 5.94. The van der Waals surface area contributed by atoms with Crippen molar-refractivity contribution in [1.82, 2.24) is 16.0 Å². The third kappa shape index (κ3) is 12.3. The van der Waals surface area contributed by atoms with Gasteiger partial charge in [-0.1, -0.05) is 13.8 Å². The number of carboxylic acids is 1. The van der Waals surface area contributed by atoms with Crippen molar-refractivity contribution in [3.63, 3.8) is 0 Å². The molecule has 0 aromatic heterocycles. The largest absolute Gasteiger partial charge is 0.480 e. The standard InChI is InChI=1S/C19H36N8O6/c1-9(2)14(18(32)33)27-15(29)10(3)25-17(31)12(6-7-13(21)28)26-16(30)11(20)5-4-8-24-19(22)23/h9-12,14H,4-8,20H2,1-3H3,(H2,21,28)(H,25,31)(H,26,30)(H,27,29)(H,32,33)(H4,22,23,24). The molecule has 14 nitrogen and oxygen atoms in total. The van der Waals surface area contributed by atoms with Gasteiger partial charge in [-0.3, -0.25) is 24.2 Å². The Hall–Kier alpha value is -3.42. The molecule has 0 saturated carbocycles. The molecule has 33 heavy (non-hydrogen) atoms. The summed E-state index contributed by atoms with van der Waals surface area (Å²) in [5.41, 5.74) is 21.4. The van der Waals surface area contributed by atoms with Crippen LogP contribution in [0, 0.1) is 5.92 Å². The second kappa shape index (κ2) is 14.6. The second-order valence-electron chi connectivity index (χ2n) is 7.92. The summed E-state index contributed by atoms with van der Waals surface area (Å²) >= 11 is 0. The molecule has 0 aliphatic heterocycles. The van der Waals surface area contributed by atoms with Gasteiger partial charge in [-0.2, -0.15) is 0 Å². The van der Waals surface area contributed by atoms with Gasteiger partial charge in [0, 0.05) is 13.0 Å². The van der Waals surface area contributed by atoms with Crippen LogP contribution in [0.5, 0.6) is 0 Å². The van der Waals surface area contributed by atoms with Gasteiger partial charge in [-0.25, -0.2) is 4.79 Å². The van der Waals surface area contributed by atoms with Gasteiger partial charge in [0.1, 0.15) is 18.1 Å². The average Bonchev–Trinajstić information content (AvgIpc) is 2.70. The number of nitrogens with zero attached hydrogens (tertiary/aromatic N) is 1. The fraction of sp³-hybridized carbons (Fsp3) is 0.684. The predicted molar refractivity (Wildman–Crippen MR) is 120 cm³/mol. The summed E-state index contributed by atoms with van der Waals surface area (Å²) in [5, 5.41) is 16.4. The normalized spacial score (nSPS) is 14.3. The number of amides is 4. The Morgan fingerprint density at radius 3 is 1.97 bits per heavy atom. The van der Waals surface area contributed by atoms with Crippen LogP contribution >= 0.6 is 0 Å². The topological polar surface area (TPSA) is 258 Å². The molecular formula is C19H36N8O6. The van der Waals surface area contributed by atoms with Crippen LogP contribution in [-0.4, -0.2) is 71.4 Å². The van der Waals surface area contributed by atoms with E-state index >= 15 is 0 Å². The maximum atomic E-state index is 12.7. The number of carboxylic acid groups (broad SMARTS) is 1. The summed E-state index contributed by atoms with van der Waals surface area (Å²) < 4.78 is 0. The molecule has 0 aliphatic rings. The molecule has 0 rings (SSSR count). The number of aliphatic carboxylic acids is 1. The summed E-state index contributed by atoms with van der Waals surface area (Å²) in [6.07, 6.45) is 0.332. The molecule has 0 saturated heterocycles. The number of aliphatic imine (C=N–C) groups is 1. The van der Waals surface area contributed by atoms with Crippen molar-refractivity contribution < 1.29 is 29.1 Å². The maximum absolute atomic E-state index is 12.7. The molecule has 14 heteroatoms. The molecule has 4 amide bonds. The van der Waals surface area contributed by atoms with Crippen molar-refractivity contribution in [2.24, 2.45) is 33.8 Å². The Morgan fingerprint density at radius 2 is 1.48 bits per heavy atom. The van der Waals surface area contributed by atoms with Crippen LogP contribution in [0.3, 0.4) is 0 Å². The van der Waals surface area contributed by atoms with Crippen molar-refractivity contribution in [3.8, 4) is 0 Å². The van der Waals surface area contributed by atoms with Crippen molar-refractivity contribution >= 4 is 35.6 Å². The minimum Gasteiger partial charge on any atom is -0.480 e. The molecule has 0 aromatic carbocycles. The van der Waals surface area contributed by atoms with E-state index in [0.717, 1.165) is 0 Å². The van der Waals surface area contributed by atoms with Gasteiger partial charge in [-0.05, 0) is 32.1 Å². The van der Waals surface area contributed by atoms with Gasteiger partial charge in [-0.15, -0.1) is 0 Å². The van der Waals surface area contributed by atoms with E-state index in [4.69, 9.17) is 22.9 Å². The van der Waals surface area contributed by atoms with Crippen molar-refractivity contribution in [1.29, 1.82) is 0 Å². The third-order valence-corrected chi connectivity index (χ3v) is 4.60. The molecule has 0 bridgehead atoms. The Labute approximate surface area is 192 Å². The molecule has 0 heterocycles. The number of primary amides is 1. The summed E-state index contributed by atoms with van der Waals surface area (Å²) in [4.78, 5) is 63.6.